The lowest BCUT2D eigenvalue weighted by molar-refractivity contribution is 0.253. The summed E-state index contributed by atoms with van der Waals surface area (Å²) in [5, 5.41) is 14.4. The van der Waals surface area contributed by atoms with E-state index in [4.69, 9.17) is 16.9 Å². The number of urea groups is 1. The largest absolute Gasteiger partial charge is 0.325 e. The van der Waals surface area contributed by atoms with Crippen molar-refractivity contribution in [3.8, 4) is 6.07 Å². The predicted octanol–water partition coefficient (Wildman–Crippen LogP) is 4.79. The number of allylic oxidation sites excluding steroid dienone is 4. The average molecular weight is 367 g/mol. The number of nitrogens with zero attached hydrogens (tertiary/aromatic N) is 2. The molecule has 24 heavy (non-hydrogen) atoms. The number of hydrogen-bond acceptors (Lipinski definition) is 4. The molecule has 1 aromatic heterocycles. The summed E-state index contributed by atoms with van der Waals surface area (Å²) in [6.07, 6.45) is -0.169. The van der Waals surface area contributed by atoms with E-state index in [0.717, 1.165) is 4.70 Å². The number of halogens is 3. The van der Waals surface area contributed by atoms with Crippen LogP contribution in [0.1, 0.15) is 12.8 Å². The van der Waals surface area contributed by atoms with Gasteiger partial charge in [-0.2, -0.15) is 5.26 Å². The monoisotopic (exact) mass is 366 g/mol. The number of rotatable bonds is 2. The fourth-order valence-electron chi connectivity index (χ4n) is 2.18. The van der Waals surface area contributed by atoms with Gasteiger partial charge in [-0.3, -0.25) is 5.32 Å². The van der Waals surface area contributed by atoms with Crippen molar-refractivity contribution < 1.29 is 13.6 Å². The van der Waals surface area contributed by atoms with Crippen LogP contribution in [-0.2, 0) is 0 Å². The summed E-state index contributed by atoms with van der Waals surface area (Å²) in [5.41, 5.74) is -0.139. The van der Waals surface area contributed by atoms with E-state index < -0.39 is 23.3 Å². The highest BCUT2D eigenvalue weighted by Crippen LogP contribution is 2.31. The molecule has 0 spiro atoms. The number of amides is 2. The number of fused-ring (bicyclic) bond motifs is 1. The third-order valence-corrected chi connectivity index (χ3v) is 4.47. The van der Waals surface area contributed by atoms with E-state index in [2.05, 4.69) is 15.6 Å². The van der Waals surface area contributed by atoms with Crippen LogP contribution in [0.3, 0.4) is 0 Å². The Bertz CT molecular complexity index is 945. The lowest BCUT2D eigenvalue weighted by atomic mass is 10.0. The molecule has 1 aliphatic rings. The molecule has 122 valence electrons. The molecular formula is C15H9ClF2N4OS. The van der Waals surface area contributed by atoms with Gasteiger partial charge in [-0.25, -0.2) is 18.6 Å². The molecule has 0 saturated heterocycles. The zero-order valence-corrected chi connectivity index (χ0v) is 13.6. The quantitative estimate of drug-likeness (QED) is 0.801. The molecule has 0 unspecified atom stereocenters. The van der Waals surface area contributed by atoms with Crippen LogP contribution in [0.4, 0.5) is 18.7 Å². The third kappa shape index (κ3) is 3.22. The van der Waals surface area contributed by atoms with E-state index >= 15 is 0 Å². The van der Waals surface area contributed by atoms with Gasteiger partial charge in [0.25, 0.3) is 0 Å². The van der Waals surface area contributed by atoms with Gasteiger partial charge in [0.1, 0.15) is 17.5 Å². The Morgan fingerprint density at radius 1 is 1.33 bits per heavy atom. The summed E-state index contributed by atoms with van der Waals surface area (Å²) >= 11 is 7.10. The number of carbonyl (C=O) groups is 1. The fraction of sp³-hybridized carbons (Fsp3) is 0.133. The Morgan fingerprint density at radius 3 is 2.88 bits per heavy atom. The molecule has 0 saturated carbocycles. The van der Waals surface area contributed by atoms with E-state index in [1.807, 2.05) is 0 Å². The summed E-state index contributed by atoms with van der Waals surface area (Å²) in [6.45, 7) is 0. The zero-order valence-electron chi connectivity index (χ0n) is 12.0. The second-order valence-corrected chi connectivity index (χ2v) is 6.36. The lowest BCUT2D eigenvalue weighted by Gasteiger charge is -2.15. The van der Waals surface area contributed by atoms with Gasteiger partial charge in [-0.05, 0) is 24.6 Å². The summed E-state index contributed by atoms with van der Waals surface area (Å²) in [4.78, 5) is 16.2. The van der Waals surface area contributed by atoms with E-state index in [0.29, 0.717) is 15.7 Å². The van der Waals surface area contributed by atoms with Crippen molar-refractivity contribution in [1.82, 2.24) is 10.3 Å². The minimum Gasteiger partial charge on any atom is -0.308 e. The summed E-state index contributed by atoms with van der Waals surface area (Å²) < 4.78 is 28.1. The number of nitrogens with one attached hydrogen (secondary N) is 2. The van der Waals surface area contributed by atoms with Crippen molar-refractivity contribution in [2.24, 2.45) is 0 Å². The number of hydrogen-bond donors (Lipinski definition) is 2. The van der Waals surface area contributed by atoms with E-state index in [1.165, 1.54) is 17.4 Å². The number of benzene rings is 1. The molecule has 0 atom stereocenters. The van der Waals surface area contributed by atoms with E-state index in [9.17, 15) is 13.6 Å². The smallest absolute Gasteiger partial charge is 0.308 e. The second kappa shape index (κ2) is 6.55. The van der Waals surface area contributed by atoms with Gasteiger partial charge in [0.15, 0.2) is 11.0 Å². The molecular weight excluding hydrogens is 358 g/mol. The van der Waals surface area contributed by atoms with Gasteiger partial charge < -0.3 is 5.32 Å². The summed E-state index contributed by atoms with van der Waals surface area (Å²) in [7, 11) is 0. The van der Waals surface area contributed by atoms with Crippen molar-refractivity contribution in [2.75, 3.05) is 5.32 Å². The molecule has 0 radical (unpaired) electrons. The lowest BCUT2D eigenvalue weighted by Crippen LogP contribution is -2.29. The SMILES string of the molecule is N#CC1=C(F)CCC(NC(=O)Nc2nc3ccc(Cl)cc3s2)=C1F. The Hall–Kier alpha value is -2.50. The minimum absolute atomic E-state index is 0.0360. The van der Waals surface area contributed by atoms with Crippen molar-refractivity contribution in [1.29, 1.82) is 5.26 Å². The van der Waals surface area contributed by atoms with Crippen LogP contribution in [-0.4, -0.2) is 11.0 Å². The van der Waals surface area contributed by atoms with Crippen molar-refractivity contribution in [2.45, 2.75) is 12.8 Å². The van der Waals surface area contributed by atoms with Gasteiger partial charge in [0.05, 0.1) is 15.9 Å². The van der Waals surface area contributed by atoms with Crippen LogP contribution in [0.2, 0.25) is 5.02 Å². The molecule has 0 fully saturated rings. The van der Waals surface area contributed by atoms with Gasteiger partial charge in [0, 0.05) is 11.4 Å². The topological polar surface area (TPSA) is 77.8 Å². The molecule has 1 heterocycles. The molecule has 2 aromatic rings. The first-order valence-electron chi connectivity index (χ1n) is 6.80. The number of nitriles is 1. The molecule has 2 amide bonds. The van der Waals surface area contributed by atoms with Gasteiger partial charge in [-0.1, -0.05) is 22.9 Å². The number of thiazole rings is 1. The van der Waals surface area contributed by atoms with Crippen LogP contribution in [0.25, 0.3) is 10.2 Å². The number of aromatic nitrogens is 1. The molecule has 1 aliphatic carbocycles. The Morgan fingerprint density at radius 2 is 2.12 bits per heavy atom. The fourth-order valence-corrected chi connectivity index (χ4v) is 3.32. The number of anilines is 1. The second-order valence-electron chi connectivity index (χ2n) is 4.89. The normalized spacial score (nSPS) is 14.8. The molecule has 3 rings (SSSR count). The van der Waals surface area contributed by atoms with Crippen LogP contribution in [0.15, 0.2) is 41.1 Å². The van der Waals surface area contributed by atoms with Crippen molar-refractivity contribution in [3.05, 3.63) is 46.1 Å². The van der Waals surface area contributed by atoms with Gasteiger partial charge in [0.2, 0.25) is 0 Å². The molecule has 2 N–H and O–H groups in total. The van der Waals surface area contributed by atoms with Gasteiger partial charge >= 0.3 is 6.03 Å². The summed E-state index contributed by atoms with van der Waals surface area (Å²) in [5.74, 6) is -1.86. The maximum atomic E-state index is 14.0. The first-order chi connectivity index (χ1) is 11.5. The maximum Gasteiger partial charge on any atom is 0.325 e. The standard InChI is InChI=1S/C15H9ClF2N4OS/c16-7-1-3-10-12(5-7)24-15(21-10)22-14(23)20-11-4-2-9(17)8(6-19)13(11)18/h1,3,5H,2,4H2,(H2,20,21,22,23). The van der Waals surface area contributed by atoms with Crippen LogP contribution < -0.4 is 10.6 Å². The van der Waals surface area contributed by atoms with Crippen LogP contribution >= 0.6 is 22.9 Å². The molecule has 5 nitrogen and oxygen atoms in total. The Kier molecular flexibility index (Phi) is 4.46. The molecule has 9 heteroatoms. The maximum absolute atomic E-state index is 14.0. The van der Waals surface area contributed by atoms with Crippen LogP contribution in [0.5, 0.6) is 0 Å². The van der Waals surface area contributed by atoms with Crippen molar-refractivity contribution in [3.63, 3.8) is 0 Å². The first-order valence-corrected chi connectivity index (χ1v) is 7.99. The van der Waals surface area contributed by atoms with Gasteiger partial charge in [-0.15, -0.1) is 0 Å². The molecule has 0 bridgehead atoms. The average Bonchev–Trinajstić information content (AvgIpc) is 2.92. The van der Waals surface area contributed by atoms with E-state index in [-0.39, 0.29) is 18.5 Å². The van der Waals surface area contributed by atoms with E-state index in [1.54, 1.807) is 18.2 Å². The predicted molar refractivity (Wildman–Crippen MR) is 87.9 cm³/mol. The Labute approximate surface area is 144 Å². The highest BCUT2D eigenvalue weighted by molar-refractivity contribution is 7.22. The first kappa shape index (κ1) is 16.4. The molecule has 0 aliphatic heterocycles. The highest BCUT2D eigenvalue weighted by atomic mass is 35.5. The Balaban J connectivity index is 1.75. The summed E-state index contributed by atoms with van der Waals surface area (Å²) in [6, 6.07) is 5.85. The molecule has 1 aromatic carbocycles. The number of carbonyl (C=O) groups excluding carboxylic acids is 1. The third-order valence-electron chi connectivity index (χ3n) is 3.30. The highest BCUT2D eigenvalue weighted by Gasteiger charge is 2.23. The minimum atomic E-state index is -1.05. The van der Waals surface area contributed by atoms with Crippen LogP contribution in [0, 0.1) is 11.3 Å². The zero-order chi connectivity index (χ0) is 17.3. The van der Waals surface area contributed by atoms with Crippen molar-refractivity contribution >= 4 is 44.3 Å².